The van der Waals surface area contributed by atoms with Crippen molar-refractivity contribution in [3.8, 4) is 22.8 Å². The fraction of sp³-hybridized carbons (Fsp3) is 0.244. The van der Waals surface area contributed by atoms with Crippen molar-refractivity contribution in [3.05, 3.63) is 139 Å². The van der Waals surface area contributed by atoms with E-state index < -0.39 is 29.0 Å². The third kappa shape index (κ3) is 55.7. The smallest absolute Gasteiger partial charge is 1.00 e. The topological polar surface area (TPSA) is 208 Å². The molecule has 101 heavy (non-hydrogen) atoms. The summed E-state index contributed by atoms with van der Waals surface area (Å²) >= 11 is 0. The van der Waals surface area contributed by atoms with Crippen molar-refractivity contribution >= 4 is 63.3 Å². The molecule has 0 bridgehead atoms. The minimum absolute atomic E-state index is 0. The van der Waals surface area contributed by atoms with E-state index in [-0.39, 0.29) is 72.1 Å². The number of carbonyl (C=O) groups is 3. The van der Waals surface area contributed by atoms with Gasteiger partial charge in [-0.05, 0) is 88.6 Å². The number of imidazole rings is 2. The molecule has 0 saturated heterocycles. The zero-order valence-corrected chi connectivity index (χ0v) is 52.4. The molecule has 0 radical (unpaired) electrons. The Hall–Kier alpha value is -8.74. The maximum absolute atomic E-state index is 13.6. The quantitative estimate of drug-likeness (QED) is 0.0593. The molecule has 0 atom stereocenters. The second-order valence-electron chi connectivity index (χ2n) is 14.9. The van der Waals surface area contributed by atoms with Crippen molar-refractivity contribution < 1.29 is 219 Å². The number of hydrogen-bond acceptors (Lipinski definition) is 12. The van der Waals surface area contributed by atoms with E-state index >= 15 is 0 Å². The van der Waals surface area contributed by atoms with Gasteiger partial charge in [-0.25, -0.2) is 18.7 Å². The number of halogens is 39. The molecule has 56 heteroatoms. The number of rotatable bonds is 12. The number of nitrogens with zero attached hydrogens (tertiary/aromatic N) is 8. The predicted octanol–water partition coefficient (Wildman–Crippen LogP) is 20.2. The number of hydrogen-bond donors (Lipinski definition) is 3. The van der Waals surface area contributed by atoms with Crippen molar-refractivity contribution in [2.75, 3.05) is 10.6 Å². The van der Waals surface area contributed by atoms with Crippen LogP contribution in [0.1, 0.15) is 84.9 Å². The summed E-state index contributed by atoms with van der Waals surface area (Å²) in [5, 5.41) is 23.5. The van der Waals surface area contributed by atoms with Crippen LogP contribution in [0.3, 0.4) is 0 Å². The Morgan fingerprint density at radius 3 is 1.02 bits per heavy atom. The van der Waals surface area contributed by atoms with Crippen LogP contribution in [0.15, 0.2) is 94.5 Å². The van der Waals surface area contributed by atoms with Crippen LogP contribution in [0.2, 0.25) is 0 Å². The normalized spacial score (nSPS) is 7.96. The van der Waals surface area contributed by atoms with Gasteiger partial charge in [0.2, 0.25) is 23.4 Å². The number of anilines is 2. The first-order valence-electron chi connectivity index (χ1n) is 21.6. The van der Waals surface area contributed by atoms with Crippen molar-refractivity contribution in [1.29, 1.82) is 0 Å². The summed E-state index contributed by atoms with van der Waals surface area (Å²) < 4.78 is 328. The molecule has 2 amide bonds. The molecule has 6 heterocycles. The van der Waals surface area contributed by atoms with Crippen LogP contribution in [0, 0.1) is 32.9 Å². The first-order valence-corrected chi connectivity index (χ1v) is 21.6. The summed E-state index contributed by atoms with van der Waals surface area (Å²) in [6.45, 7) is 8.65. The van der Waals surface area contributed by atoms with Gasteiger partial charge in [-0.15, -0.1) is 0 Å². The summed E-state index contributed by atoms with van der Waals surface area (Å²) in [4.78, 5) is 53.6. The molecule has 0 fully saturated rings. The average Bonchev–Trinajstić information content (AvgIpc) is 1.71. The van der Waals surface area contributed by atoms with E-state index in [1.807, 2.05) is 38.1 Å². The van der Waals surface area contributed by atoms with E-state index in [0.29, 0.717) is 82.9 Å². The number of Topliss-reactive ketones (excluding diaryl/α,β-unsaturated/α-hetero) is 1. The molecule has 588 valence electrons. The van der Waals surface area contributed by atoms with E-state index in [0.717, 1.165) is 11.1 Å². The Balaban J connectivity index is -0.0000000687. The summed E-state index contributed by atoms with van der Waals surface area (Å²) in [6.07, 6.45) is 6.87. The standard InChI is InChI=1S/C22H22FN5O3.C21H18FN5O3.CH4.CH3.BrH.18F2.Mg/c1-13-4-5-14(20-26-19(31-27-20)8-9-22(2,3)30)10-16(13)25-21(29)17-11-24-18-7-6-15(23)12-28(17)18;1-12-3-5-14(20-25-19(30-26-20)8-4-13(2)28)9-16(12)24-21(29)17-10-23-18-7-6-15(22)11-27(17)18;;;;18*1-2;/h4-7,10-12,30H,8-9H2,1-3H3,(H,25,29);3,5-7,9-11H,4,8H2,1-2H3,(H,24,29);1H4;1H3;1H;;;;;;;;;;;;;;;;;;;/q;;;-1;;;;;;;;;;;;;;;;;;;;+2/p-1. The van der Waals surface area contributed by atoms with Gasteiger partial charge in [0.15, 0.2) is 0 Å². The first kappa shape index (κ1) is 132. The van der Waals surface area contributed by atoms with E-state index in [1.54, 1.807) is 26.0 Å². The van der Waals surface area contributed by atoms with Gasteiger partial charge in [0.25, 0.3) is 11.8 Å². The van der Waals surface area contributed by atoms with Gasteiger partial charge >= 0.3 is 23.1 Å². The number of aromatic nitrogens is 8. The fourth-order valence-electron chi connectivity index (χ4n) is 6.05. The van der Waals surface area contributed by atoms with E-state index in [9.17, 15) is 28.3 Å². The summed E-state index contributed by atoms with van der Waals surface area (Å²) in [5.41, 5.74) is 4.65. The van der Waals surface area contributed by atoms with Crippen LogP contribution in [0.5, 0.6) is 0 Å². The average molecular weight is 1650 g/mol. The molecule has 0 aliphatic heterocycles. The monoisotopic (exact) mass is 1650 g/mol. The van der Waals surface area contributed by atoms with Crippen molar-refractivity contribution in [2.24, 2.45) is 0 Å². The zero-order valence-electron chi connectivity index (χ0n) is 49.4. The summed E-state index contributed by atoms with van der Waals surface area (Å²) in [7, 11) is 0. The molecular weight excluding hydrogens is 1600 g/mol. The molecule has 0 unspecified atom stereocenters. The summed E-state index contributed by atoms with van der Waals surface area (Å²) in [6, 6.07) is 16.4. The first-order chi connectivity index (χ1) is 47.1. The van der Waals surface area contributed by atoms with Crippen LogP contribution in [-0.2, 0) is 17.6 Å². The minimum atomic E-state index is -0.823. The van der Waals surface area contributed by atoms with Gasteiger partial charge in [0.05, 0.1) is 18.0 Å². The number of benzene rings is 2. The number of amides is 2. The molecule has 16 nitrogen and oxygen atoms in total. The Bertz CT molecular complexity index is 3010. The number of nitrogens with one attached hydrogen (secondary N) is 2. The van der Waals surface area contributed by atoms with Crippen LogP contribution >= 0.6 is 0 Å². The van der Waals surface area contributed by atoms with E-state index in [2.05, 4.69) is 40.9 Å². The number of aryl methyl sites for hydroxylation is 4. The van der Waals surface area contributed by atoms with E-state index in [1.165, 1.54) is 64.8 Å². The van der Waals surface area contributed by atoms with Crippen molar-refractivity contribution in [1.82, 2.24) is 39.1 Å². The number of carbonyl (C=O) groups excluding carboxylic acids is 3. The molecule has 0 saturated carbocycles. The predicted molar refractivity (Wildman–Crippen MR) is 278 cm³/mol. The number of pyridine rings is 2. The Morgan fingerprint density at radius 2 is 0.752 bits per heavy atom. The van der Waals surface area contributed by atoms with Gasteiger partial charge in [0, 0.05) is 219 Å². The zero-order chi connectivity index (χ0) is 79.4. The van der Waals surface area contributed by atoms with E-state index in [4.69, 9.17) is 174 Å². The molecule has 0 aliphatic rings. The Kier molecular flexibility index (Phi) is 125. The summed E-state index contributed by atoms with van der Waals surface area (Å²) in [5.74, 6) is -0.182. The maximum Gasteiger partial charge on any atom is 2.00 e. The molecule has 6 aromatic heterocycles. The van der Waals surface area contributed by atoms with Gasteiger partial charge in [-0.2, -0.15) is 9.97 Å². The van der Waals surface area contributed by atoms with Gasteiger partial charge < -0.3 is 54.0 Å². The van der Waals surface area contributed by atoms with Crippen LogP contribution < -0.4 is 27.6 Å². The second kappa shape index (κ2) is 95.4. The largest absolute Gasteiger partial charge is 2.00 e. The number of aliphatic hydroxyl groups is 1. The number of ketones is 1. The Labute approximate surface area is 565 Å². The minimum Gasteiger partial charge on any atom is -1.00 e. The molecule has 3 N–H and O–H groups in total. The SMILES string of the molecule is C.CC(=O)CCc1nc(-c2ccc(C)c(NC(=O)c3cnc4ccc(F)cn34)c2)no1.Cc1ccc(-c2noc(CCC(C)(C)O)n2)cc1NC(=O)c1cnc2ccc(F)cn12.FF.FF.FF.FF.FF.FF.FF.FF.FF.FF.FF.FF.FF.FF.FF.FF.FF.FF.[Br-].[CH3-].[Mg+2]. The molecule has 2 aromatic carbocycles. The molecule has 0 aliphatic carbocycles. The third-order valence-electron chi connectivity index (χ3n) is 9.47. The second-order valence-corrected chi connectivity index (χ2v) is 14.9. The fourth-order valence-corrected chi connectivity index (χ4v) is 6.05. The third-order valence-corrected chi connectivity index (χ3v) is 9.47. The van der Waals surface area contributed by atoms with Crippen molar-refractivity contribution in [2.45, 2.75) is 73.3 Å². The van der Waals surface area contributed by atoms with Crippen molar-refractivity contribution in [3.63, 3.8) is 0 Å². The van der Waals surface area contributed by atoms with Crippen LogP contribution in [0.25, 0.3) is 34.1 Å². The maximum atomic E-state index is 13.6. The van der Waals surface area contributed by atoms with Gasteiger partial charge in [-0.3, -0.25) is 18.4 Å². The molecule has 8 aromatic rings. The number of fused-ring (bicyclic) bond motifs is 2. The van der Waals surface area contributed by atoms with Gasteiger partial charge in [-0.1, -0.05) is 42.0 Å². The molecule has 8 rings (SSSR count). The Morgan fingerprint density at radius 1 is 0.475 bits per heavy atom. The molecule has 0 spiro atoms. The molecular formula is C45H47BrF38MgN10O6. The van der Waals surface area contributed by atoms with Gasteiger partial charge in [0.1, 0.15) is 40.1 Å². The van der Waals surface area contributed by atoms with Crippen LogP contribution in [0.4, 0.5) is 185 Å². The van der Waals surface area contributed by atoms with Crippen LogP contribution in [-0.4, -0.2) is 90.4 Å².